The van der Waals surface area contributed by atoms with Crippen LogP contribution in [0.2, 0.25) is 0 Å². The van der Waals surface area contributed by atoms with Crippen LogP contribution in [0.1, 0.15) is 35.4 Å². The zero-order valence-electron chi connectivity index (χ0n) is 18.8. The predicted molar refractivity (Wildman–Crippen MR) is 125 cm³/mol. The van der Waals surface area contributed by atoms with Crippen LogP contribution < -0.4 is 5.56 Å². The molecule has 1 saturated heterocycles. The molecule has 2 aromatic heterocycles. The lowest BCUT2D eigenvalue weighted by molar-refractivity contribution is 0.0914. The molecule has 0 aliphatic carbocycles. The largest absolute Gasteiger partial charge is 0.376 e. The number of fused-ring (bicyclic) bond motifs is 1. The highest BCUT2D eigenvalue weighted by Gasteiger charge is 2.20. The summed E-state index contributed by atoms with van der Waals surface area (Å²) in [7, 11) is 0. The molecule has 2 aromatic carbocycles. The zero-order chi connectivity index (χ0) is 22.6. The van der Waals surface area contributed by atoms with Crippen molar-refractivity contribution in [3.05, 3.63) is 87.5 Å². The van der Waals surface area contributed by atoms with E-state index in [0.29, 0.717) is 26.2 Å². The van der Waals surface area contributed by atoms with Crippen molar-refractivity contribution in [3.8, 4) is 0 Å². The van der Waals surface area contributed by atoms with Gasteiger partial charge in [0.1, 0.15) is 0 Å². The van der Waals surface area contributed by atoms with Gasteiger partial charge in [0.05, 0.1) is 19.2 Å². The molecule has 5 rings (SSSR count). The van der Waals surface area contributed by atoms with Gasteiger partial charge in [-0.1, -0.05) is 42.5 Å². The Kier molecular flexibility index (Phi) is 6.28. The molecule has 0 saturated carbocycles. The standard InChI is InChI=1S/C25H28N6O2/c1-18-9-10-20-13-21(25(32)26-23(20)12-18)15-30(14-19-6-3-2-4-7-19)17-24-27-28-29-31(24)16-22-8-5-11-33-22/h2-4,6-7,9-10,12-13,22H,5,8,11,14-17H2,1H3,(H,26,32)/t22-/m1/s1. The first-order valence-electron chi connectivity index (χ1n) is 11.4. The van der Waals surface area contributed by atoms with Crippen molar-refractivity contribution >= 4 is 10.9 Å². The summed E-state index contributed by atoms with van der Waals surface area (Å²) < 4.78 is 7.60. The summed E-state index contributed by atoms with van der Waals surface area (Å²) in [6, 6.07) is 18.3. The average Bonchev–Trinajstić information content (AvgIpc) is 3.48. The first-order chi connectivity index (χ1) is 16.1. The SMILES string of the molecule is Cc1ccc2cc(CN(Cc3ccccc3)Cc3nnnn3C[C@H]3CCCO3)c(=O)[nH]c2c1. The van der Waals surface area contributed by atoms with Crippen molar-refractivity contribution in [2.24, 2.45) is 0 Å². The Morgan fingerprint density at radius 3 is 2.82 bits per heavy atom. The molecule has 0 amide bonds. The van der Waals surface area contributed by atoms with Crippen molar-refractivity contribution in [2.45, 2.75) is 52.0 Å². The van der Waals surface area contributed by atoms with Gasteiger partial charge in [0.15, 0.2) is 5.82 Å². The summed E-state index contributed by atoms with van der Waals surface area (Å²) in [6.07, 6.45) is 2.26. The lowest BCUT2D eigenvalue weighted by Gasteiger charge is -2.22. The zero-order valence-corrected chi connectivity index (χ0v) is 18.8. The van der Waals surface area contributed by atoms with Gasteiger partial charge < -0.3 is 9.72 Å². The Bertz CT molecular complexity index is 1280. The second-order valence-electron chi connectivity index (χ2n) is 8.76. The maximum atomic E-state index is 12.9. The summed E-state index contributed by atoms with van der Waals surface area (Å²) >= 11 is 0. The fourth-order valence-electron chi connectivity index (χ4n) is 4.39. The molecule has 0 spiro atoms. The minimum Gasteiger partial charge on any atom is -0.376 e. The number of benzene rings is 2. The summed E-state index contributed by atoms with van der Waals surface area (Å²) in [6.45, 7) is 5.16. The Balaban J connectivity index is 1.41. The van der Waals surface area contributed by atoms with Crippen LogP contribution in [0.4, 0.5) is 0 Å². The molecule has 1 fully saturated rings. The number of hydrogen-bond acceptors (Lipinski definition) is 6. The van der Waals surface area contributed by atoms with Crippen molar-refractivity contribution in [2.75, 3.05) is 6.61 Å². The Labute approximate surface area is 192 Å². The summed E-state index contributed by atoms with van der Waals surface area (Å²) in [5.41, 5.74) is 3.81. The molecule has 3 heterocycles. The minimum absolute atomic E-state index is 0.0647. The highest BCUT2D eigenvalue weighted by Crippen LogP contribution is 2.18. The molecule has 170 valence electrons. The van der Waals surface area contributed by atoms with E-state index in [1.165, 1.54) is 5.56 Å². The van der Waals surface area contributed by atoms with E-state index in [0.717, 1.165) is 47.3 Å². The summed E-state index contributed by atoms with van der Waals surface area (Å²) in [5.74, 6) is 0.772. The average molecular weight is 445 g/mol. The molecule has 8 heteroatoms. The number of aryl methyl sites for hydroxylation is 1. The molecule has 33 heavy (non-hydrogen) atoms. The van der Waals surface area contributed by atoms with Crippen LogP contribution in [0.3, 0.4) is 0 Å². The number of H-pyrrole nitrogens is 1. The van der Waals surface area contributed by atoms with E-state index in [-0.39, 0.29) is 11.7 Å². The molecule has 1 aliphatic rings. The van der Waals surface area contributed by atoms with Gasteiger partial charge >= 0.3 is 0 Å². The van der Waals surface area contributed by atoms with Crippen LogP contribution in [-0.4, -0.2) is 42.8 Å². The van der Waals surface area contributed by atoms with E-state index in [9.17, 15) is 4.79 Å². The van der Waals surface area contributed by atoms with E-state index in [1.807, 2.05) is 48.0 Å². The molecular weight excluding hydrogens is 416 g/mol. The molecule has 0 bridgehead atoms. The number of aromatic nitrogens is 5. The lowest BCUT2D eigenvalue weighted by Crippen LogP contribution is -2.29. The Hall–Kier alpha value is -3.36. The minimum atomic E-state index is -0.0647. The quantitative estimate of drug-likeness (QED) is 0.449. The molecule has 1 N–H and O–H groups in total. The summed E-state index contributed by atoms with van der Waals surface area (Å²) in [5, 5.41) is 13.4. The van der Waals surface area contributed by atoms with Gasteiger partial charge in [-0.15, -0.1) is 5.10 Å². The molecule has 0 unspecified atom stereocenters. The van der Waals surface area contributed by atoms with Crippen LogP contribution in [0, 0.1) is 6.92 Å². The van der Waals surface area contributed by atoms with E-state index >= 15 is 0 Å². The Morgan fingerprint density at radius 1 is 1.12 bits per heavy atom. The van der Waals surface area contributed by atoms with Gasteiger partial charge in [0.25, 0.3) is 5.56 Å². The predicted octanol–water partition coefficient (Wildman–Crippen LogP) is 3.20. The third kappa shape index (κ3) is 5.18. The van der Waals surface area contributed by atoms with Gasteiger partial charge in [-0.05, 0) is 58.8 Å². The molecule has 1 atom stereocenters. The number of ether oxygens (including phenoxy) is 1. The van der Waals surface area contributed by atoms with E-state index in [2.05, 4.69) is 43.6 Å². The first kappa shape index (κ1) is 21.5. The normalized spacial score (nSPS) is 16.1. The molecule has 1 aliphatic heterocycles. The van der Waals surface area contributed by atoms with Crippen molar-refractivity contribution in [1.82, 2.24) is 30.1 Å². The Morgan fingerprint density at radius 2 is 2.00 bits per heavy atom. The van der Waals surface area contributed by atoms with Crippen molar-refractivity contribution < 1.29 is 4.74 Å². The van der Waals surface area contributed by atoms with Crippen LogP contribution in [-0.2, 0) is 30.9 Å². The van der Waals surface area contributed by atoms with Crippen molar-refractivity contribution in [1.29, 1.82) is 0 Å². The van der Waals surface area contributed by atoms with Gasteiger partial charge in [0.2, 0.25) is 0 Å². The second-order valence-corrected chi connectivity index (χ2v) is 8.76. The third-order valence-corrected chi connectivity index (χ3v) is 6.09. The van der Waals surface area contributed by atoms with Crippen LogP contribution in [0.15, 0.2) is 59.4 Å². The van der Waals surface area contributed by atoms with E-state index in [1.54, 1.807) is 0 Å². The van der Waals surface area contributed by atoms with Crippen LogP contribution in [0.5, 0.6) is 0 Å². The maximum Gasteiger partial charge on any atom is 0.252 e. The van der Waals surface area contributed by atoms with Gasteiger partial charge in [-0.3, -0.25) is 9.69 Å². The smallest absolute Gasteiger partial charge is 0.252 e. The maximum absolute atomic E-state index is 12.9. The number of nitrogens with one attached hydrogen (secondary N) is 1. The molecule has 0 radical (unpaired) electrons. The molecule has 4 aromatic rings. The third-order valence-electron chi connectivity index (χ3n) is 6.09. The van der Waals surface area contributed by atoms with E-state index in [4.69, 9.17) is 4.74 Å². The molecule has 8 nitrogen and oxygen atoms in total. The molecular formula is C25H28N6O2. The lowest BCUT2D eigenvalue weighted by atomic mass is 10.1. The van der Waals surface area contributed by atoms with E-state index < -0.39 is 0 Å². The number of nitrogens with zero attached hydrogens (tertiary/aromatic N) is 5. The van der Waals surface area contributed by atoms with Gasteiger partial charge in [-0.2, -0.15) is 0 Å². The monoisotopic (exact) mass is 444 g/mol. The number of rotatable bonds is 8. The number of pyridine rings is 1. The van der Waals surface area contributed by atoms with Crippen LogP contribution >= 0.6 is 0 Å². The fraction of sp³-hybridized carbons (Fsp3) is 0.360. The highest BCUT2D eigenvalue weighted by atomic mass is 16.5. The van der Waals surface area contributed by atoms with Crippen molar-refractivity contribution in [3.63, 3.8) is 0 Å². The summed E-state index contributed by atoms with van der Waals surface area (Å²) in [4.78, 5) is 18.1. The fourth-order valence-corrected chi connectivity index (χ4v) is 4.39. The first-order valence-corrected chi connectivity index (χ1v) is 11.4. The van der Waals surface area contributed by atoms with Gasteiger partial charge in [0, 0.05) is 30.8 Å². The number of hydrogen-bond donors (Lipinski definition) is 1. The van der Waals surface area contributed by atoms with Gasteiger partial charge in [-0.25, -0.2) is 4.68 Å². The highest BCUT2D eigenvalue weighted by molar-refractivity contribution is 5.79. The topological polar surface area (TPSA) is 88.9 Å². The number of aromatic amines is 1. The van der Waals surface area contributed by atoms with Crippen LogP contribution in [0.25, 0.3) is 10.9 Å². The number of tetrazole rings is 1. The second kappa shape index (κ2) is 9.64.